The van der Waals surface area contributed by atoms with E-state index in [1.165, 1.54) is 36.1 Å². The molecule has 2 heteroatoms. The molecule has 0 radical (unpaired) electrons. The molecule has 0 bridgehead atoms. The van der Waals surface area contributed by atoms with E-state index in [2.05, 4.69) is 63.2 Å². The van der Waals surface area contributed by atoms with Crippen LogP contribution in [0.5, 0.6) is 0 Å². The molecule has 0 spiro atoms. The number of likely N-dealkylation sites (N-methyl/N-ethyl adjacent to an activating group) is 1. The number of hydrogen-bond donors (Lipinski definition) is 1. The Morgan fingerprint density at radius 1 is 1.20 bits per heavy atom. The lowest BCUT2D eigenvalue weighted by Crippen LogP contribution is -2.39. The van der Waals surface area contributed by atoms with Gasteiger partial charge in [-0.2, -0.15) is 0 Å². The molecule has 1 aromatic rings. The van der Waals surface area contributed by atoms with Crippen LogP contribution in [0.15, 0.2) is 18.2 Å². The molecule has 0 aliphatic carbocycles. The van der Waals surface area contributed by atoms with Gasteiger partial charge in [0.05, 0.1) is 0 Å². The molecule has 1 fully saturated rings. The molecule has 1 aliphatic heterocycles. The summed E-state index contributed by atoms with van der Waals surface area (Å²) in [5.74, 6) is 0.759. The lowest BCUT2D eigenvalue weighted by atomic mass is 9.98. The van der Waals surface area contributed by atoms with Crippen LogP contribution in [-0.4, -0.2) is 31.1 Å². The van der Waals surface area contributed by atoms with Gasteiger partial charge >= 0.3 is 0 Å². The maximum Gasteiger partial charge on any atom is 0.0447 e. The van der Waals surface area contributed by atoms with Crippen molar-refractivity contribution in [2.24, 2.45) is 5.92 Å². The van der Waals surface area contributed by atoms with E-state index in [4.69, 9.17) is 0 Å². The predicted octanol–water partition coefficient (Wildman–Crippen LogP) is 3.68. The fraction of sp³-hybridized carbons (Fsp3) is 0.667. The van der Waals surface area contributed by atoms with E-state index in [0.717, 1.165) is 18.5 Å². The molecule has 2 unspecified atom stereocenters. The standard InChI is InChI=1S/C18H30N2/c1-13(2)18-7-6-8-20(18)12-17(19-5)16-10-14(3)9-15(4)11-16/h9-11,13,17-19H,6-8,12H2,1-5H3. The zero-order chi connectivity index (χ0) is 14.7. The van der Waals surface area contributed by atoms with E-state index in [1.54, 1.807) is 0 Å². The third-order valence-corrected chi connectivity index (χ3v) is 4.60. The maximum absolute atomic E-state index is 3.52. The largest absolute Gasteiger partial charge is 0.312 e. The van der Waals surface area contributed by atoms with Gasteiger partial charge in [-0.15, -0.1) is 0 Å². The normalized spacial score (nSPS) is 21.6. The van der Waals surface area contributed by atoms with Crippen LogP contribution in [0.3, 0.4) is 0 Å². The lowest BCUT2D eigenvalue weighted by molar-refractivity contribution is 0.188. The fourth-order valence-corrected chi connectivity index (χ4v) is 3.64. The Labute approximate surface area is 124 Å². The third kappa shape index (κ3) is 3.62. The Kier molecular flexibility index (Phi) is 5.22. The summed E-state index contributed by atoms with van der Waals surface area (Å²) in [6.45, 7) is 11.5. The van der Waals surface area contributed by atoms with E-state index >= 15 is 0 Å². The summed E-state index contributed by atoms with van der Waals surface area (Å²) in [4.78, 5) is 2.68. The summed E-state index contributed by atoms with van der Waals surface area (Å²) >= 11 is 0. The van der Waals surface area contributed by atoms with Gasteiger partial charge in [0.1, 0.15) is 0 Å². The smallest absolute Gasteiger partial charge is 0.0447 e. The van der Waals surface area contributed by atoms with Gasteiger partial charge in [-0.05, 0) is 51.8 Å². The summed E-state index contributed by atoms with van der Waals surface area (Å²) in [6.07, 6.45) is 2.72. The van der Waals surface area contributed by atoms with E-state index in [-0.39, 0.29) is 0 Å². The first-order chi connectivity index (χ1) is 9.51. The Morgan fingerprint density at radius 2 is 1.85 bits per heavy atom. The molecule has 2 nitrogen and oxygen atoms in total. The van der Waals surface area contributed by atoms with Crippen molar-refractivity contribution in [3.63, 3.8) is 0 Å². The van der Waals surface area contributed by atoms with E-state index in [0.29, 0.717) is 6.04 Å². The quantitative estimate of drug-likeness (QED) is 0.881. The molecule has 1 aliphatic rings. The average molecular weight is 274 g/mol. The highest BCUT2D eigenvalue weighted by Crippen LogP contribution is 2.27. The molecule has 1 aromatic carbocycles. The second-order valence-electron chi connectivity index (χ2n) is 6.71. The second kappa shape index (κ2) is 6.73. The SMILES string of the molecule is CNC(CN1CCCC1C(C)C)c1cc(C)cc(C)c1. The van der Waals surface area contributed by atoms with E-state index in [9.17, 15) is 0 Å². The summed E-state index contributed by atoms with van der Waals surface area (Å²) in [6, 6.07) is 8.11. The van der Waals surface area contributed by atoms with Crippen LogP contribution in [0.1, 0.15) is 49.4 Å². The van der Waals surface area contributed by atoms with Crippen LogP contribution in [0.25, 0.3) is 0 Å². The van der Waals surface area contributed by atoms with Gasteiger partial charge in [0.25, 0.3) is 0 Å². The highest BCUT2D eigenvalue weighted by atomic mass is 15.2. The average Bonchev–Trinajstić information content (AvgIpc) is 2.82. The maximum atomic E-state index is 3.52. The first-order valence-electron chi connectivity index (χ1n) is 8.00. The highest BCUT2D eigenvalue weighted by molar-refractivity contribution is 5.31. The van der Waals surface area contributed by atoms with Crippen molar-refractivity contribution >= 4 is 0 Å². The number of nitrogens with one attached hydrogen (secondary N) is 1. The Balaban J connectivity index is 2.12. The van der Waals surface area contributed by atoms with Crippen molar-refractivity contribution < 1.29 is 0 Å². The van der Waals surface area contributed by atoms with Gasteiger partial charge in [-0.25, -0.2) is 0 Å². The lowest BCUT2D eigenvalue weighted by Gasteiger charge is -2.31. The van der Waals surface area contributed by atoms with Gasteiger partial charge in [0.15, 0.2) is 0 Å². The van der Waals surface area contributed by atoms with Crippen LogP contribution in [0.2, 0.25) is 0 Å². The Bertz CT molecular complexity index is 419. The molecule has 2 rings (SSSR count). The first-order valence-corrected chi connectivity index (χ1v) is 8.00. The molecule has 1 N–H and O–H groups in total. The molecule has 1 saturated heterocycles. The first kappa shape index (κ1) is 15.5. The van der Waals surface area contributed by atoms with Crippen molar-refractivity contribution in [3.05, 3.63) is 34.9 Å². The van der Waals surface area contributed by atoms with Crippen molar-refractivity contribution in [2.75, 3.05) is 20.1 Å². The summed E-state index contributed by atoms with van der Waals surface area (Å²) in [5.41, 5.74) is 4.16. The minimum atomic E-state index is 0.438. The van der Waals surface area contributed by atoms with Crippen molar-refractivity contribution in [2.45, 2.75) is 52.6 Å². The van der Waals surface area contributed by atoms with Gasteiger partial charge in [0, 0.05) is 18.6 Å². The predicted molar refractivity (Wildman–Crippen MR) is 87.1 cm³/mol. The third-order valence-electron chi connectivity index (χ3n) is 4.60. The van der Waals surface area contributed by atoms with E-state index in [1.807, 2.05) is 0 Å². The topological polar surface area (TPSA) is 15.3 Å². The number of likely N-dealkylation sites (tertiary alicyclic amines) is 1. The number of benzene rings is 1. The number of aryl methyl sites for hydroxylation is 2. The molecular formula is C18H30N2. The van der Waals surface area contributed by atoms with Crippen LogP contribution in [0, 0.1) is 19.8 Å². The van der Waals surface area contributed by atoms with E-state index < -0.39 is 0 Å². The van der Waals surface area contributed by atoms with Crippen molar-refractivity contribution in [3.8, 4) is 0 Å². The summed E-state index contributed by atoms with van der Waals surface area (Å²) in [5, 5.41) is 3.52. The fourth-order valence-electron chi connectivity index (χ4n) is 3.64. The second-order valence-corrected chi connectivity index (χ2v) is 6.71. The van der Waals surface area contributed by atoms with Crippen LogP contribution in [0.4, 0.5) is 0 Å². The molecule has 0 saturated carbocycles. The molecular weight excluding hydrogens is 244 g/mol. The summed E-state index contributed by atoms with van der Waals surface area (Å²) in [7, 11) is 2.09. The van der Waals surface area contributed by atoms with Crippen LogP contribution >= 0.6 is 0 Å². The highest BCUT2D eigenvalue weighted by Gasteiger charge is 2.28. The van der Waals surface area contributed by atoms with Gasteiger partial charge in [0.2, 0.25) is 0 Å². The molecule has 0 aromatic heterocycles. The Morgan fingerprint density at radius 3 is 2.40 bits per heavy atom. The monoisotopic (exact) mass is 274 g/mol. The van der Waals surface area contributed by atoms with Crippen molar-refractivity contribution in [1.29, 1.82) is 0 Å². The summed E-state index contributed by atoms with van der Waals surface area (Å²) < 4.78 is 0. The minimum Gasteiger partial charge on any atom is -0.312 e. The zero-order valence-electron chi connectivity index (χ0n) is 13.7. The zero-order valence-corrected chi connectivity index (χ0v) is 13.7. The van der Waals surface area contributed by atoms with Crippen molar-refractivity contribution in [1.82, 2.24) is 10.2 Å². The van der Waals surface area contributed by atoms with Gasteiger partial charge < -0.3 is 5.32 Å². The van der Waals surface area contributed by atoms with Gasteiger partial charge in [-0.1, -0.05) is 43.2 Å². The number of nitrogens with zero attached hydrogens (tertiary/aromatic N) is 1. The molecule has 112 valence electrons. The Hall–Kier alpha value is -0.860. The number of rotatable bonds is 5. The van der Waals surface area contributed by atoms with Crippen LogP contribution < -0.4 is 5.32 Å². The molecule has 2 atom stereocenters. The molecule has 20 heavy (non-hydrogen) atoms. The molecule has 1 heterocycles. The minimum absolute atomic E-state index is 0.438. The number of hydrogen-bond acceptors (Lipinski definition) is 2. The van der Waals surface area contributed by atoms with Gasteiger partial charge in [-0.3, -0.25) is 4.90 Å². The van der Waals surface area contributed by atoms with Crippen LogP contribution in [-0.2, 0) is 0 Å². The molecule has 0 amide bonds.